The maximum absolute atomic E-state index is 14.4. The van der Waals surface area contributed by atoms with Gasteiger partial charge in [-0.2, -0.15) is 0 Å². The Kier molecular flexibility index (Phi) is 5.07. The molecule has 1 amide bonds. The van der Waals surface area contributed by atoms with Crippen LogP contribution in [0.4, 0.5) is 8.78 Å². The average Bonchev–Trinajstić information content (AvgIpc) is 3.36. The van der Waals surface area contributed by atoms with E-state index in [0.717, 1.165) is 37.1 Å². The lowest BCUT2D eigenvalue weighted by Gasteiger charge is -2.13. The summed E-state index contributed by atoms with van der Waals surface area (Å²) in [5, 5.41) is 2.89. The maximum atomic E-state index is 14.4. The number of hydrogen-bond acceptors (Lipinski definition) is 2. The molecule has 1 atom stereocenters. The van der Waals surface area contributed by atoms with Gasteiger partial charge in [0.05, 0.1) is 17.3 Å². The Balaban J connectivity index is 1.53. The molecule has 144 valence electrons. The molecule has 0 spiro atoms. The van der Waals surface area contributed by atoms with Gasteiger partial charge in [-0.15, -0.1) is 0 Å². The van der Waals surface area contributed by atoms with E-state index in [9.17, 15) is 13.6 Å². The molecule has 4 nitrogen and oxygen atoms in total. The first-order valence-electron chi connectivity index (χ1n) is 9.17. The van der Waals surface area contributed by atoms with Gasteiger partial charge >= 0.3 is 0 Å². The molecule has 1 fully saturated rings. The fourth-order valence-electron chi connectivity index (χ4n) is 4.26. The van der Waals surface area contributed by atoms with Gasteiger partial charge in [-0.05, 0) is 43.6 Å². The van der Waals surface area contributed by atoms with Crippen LogP contribution in [0.2, 0.25) is 5.02 Å². The van der Waals surface area contributed by atoms with E-state index in [1.54, 1.807) is 0 Å². The number of amides is 1. The van der Waals surface area contributed by atoms with Crippen molar-refractivity contribution < 1.29 is 13.6 Å². The number of carbonyl (C=O) groups is 1. The van der Waals surface area contributed by atoms with Crippen LogP contribution in [0.3, 0.4) is 0 Å². The summed E-state index contributed by atoms with van der Waals surface area (Å²) < 4.78 is 31.0. The van der Waals surface area contributed by atoms with Crippen molar-refractivity contribution in [2.24, 2.45) is 5.92 Å². The summed E-state index contributed by atoms with van der Waals surface area (Å²) in [6.45, 7) is 0.726. The molecule has 1 aliphatic carbocycles. The van der Waals surface area contributed by atoms with Crippen LogP contribution < -0.4 is 5.32 Å². The standard InChI is InChI=1S/C19H20ClF2N3OS/c20-12-5-6-13(21)16(17(12)22)11-7-15-14(24-19(27)25(15)9-11)8-23-18(26)10-3-1-2-4-10/h5-6,10-11H,1-4,7-9H2,(H,23,26)(H,24,27). The van der Waals surface area contributed by atoms with Crippen LogP contribution in [0.1, 0.15) is 48.6 Å². The first-order chi connectivity index (χ1) is 13.0. The third-order valence-corrected chi connectivity index (χ3v) is 6.29. The highest BCUT2D eigenvalue weighted by Crippen LogP contribution is 2.36. The highest BCUT2D eigenvalue weighted by molar-refractivity contribution is 7.71. The van der Waals surface area contributed by atoms with Crippen LogP contribution >= 0.6 is 23.8 Å². The highest BCUT2D eigenvalue weighted by Gasteiger charge is 2.32. The number of aromatic amines is 1. The molecule has 27 heavy (non-hydrogen) atoms. The molecule has 1 aromatic heterocycles. The van der Waals surface area contributed by atoms with E-state index in [4.69, 9.17) is 23.8 Å². The van der Waals surface area contributed by atoms with E-state index in [1.807, 2.05) is 4.57 Å². The van der Waals surface area contributed by atoms with Gasteiger partial charge in [-0.1, -0.05) is 24.4 Å². The molecule has 1 aromatic carbocycles. The largest absolute Gasteiger partial charge is 0.350 e. The second kappa shape index (κ2) is 7.36. The summed E-state index contributed by atoms with van der Waals surface area (Å²) in [4.78, 5) is 15.4. The van der Waals surface area contributed by atoms with E-state index >= 15 is 0 Å². The van der Waals surface area contributed by atoms with Gasteiger partial charge in [0.2, 0.25) is 5.91 Å². The topological polar surface area (TPSA) is 49.8 Å². The number of rotatable bonds is 4. The number of fused-ring (bicyclic) bond motifs is 1. The highest BCUT2D eigenvalue weighted by atomic mass is 35.5. The first kappa shape index (κ1) is 18.6. The number of nitrogens with zero attached hydrogens (tertiary/aromatic N) is 1. The summed E-state index contributed by atoms with van der Waals surface area (Å²) in [6.07, 6.45) is 4.51. The lowest BCUT2D eigenvalue weighted by Crippen LogP contribution is -2.29. The minimum absolute atomic E-state index is 0.00143. The third-order valence-electron chi connectivity index (χ3n) is 5.67. The predicted octanol–water partition coefficient (Wildman–Crippen LogP) is 4.62. The number of H-pyrrole nitrogens is 1. The van der Waals surface area contributed by atoms with Gasteiger partial charge in [0.1, 0.15) is 11.6 Å². The molecular weight excluding hydrogens is 392 g/mol. The van der Waals surface area contributed by atoms with Gasteiger partial charge in [0, 0.05) is 29.6 Å². The summed E-state index contributed by atoms with van der Waals surface area (Å²) in [6, 6.07) is 2.42. The molecule has 2 N–H and O–H groups in total. The van der Waals surface area contributed by atoms with Crippen molar-refractivity contribution in [2.75, 3.05) is 0 Å². The zero-order valence-corrected chi connectivity index (χ0v) is 16.2. The molecule has 4 rings (SSSR count). The molecule has 0 radical (unpaired) electrons. The van der Waals surface area contributed by atoms with E-state index in [2.05, 4.69) is 10.3 Å². The maximum Gasteiger partial charge on any atom is 0.223 e. The average molecular weight is 412 g/mol. The molecule has 1 unspecified atom stereocenters. The van der Waals surface area contributed by atoms with Crippen LogP contribution in [0.5, 0.6) is 0 Å². The molecule has 2 heterocycles. The Bertz CT molecular complexity index is 949. The van der Waals surface area contributed by atoms with Gasteiger partial charge in [-0.3, -0.25) is 4.79 Å². The van der Waals surface area contributed by atoms with Gasteiger partial charge in [-0.25, -0.2) is 8.78 Å². The minimum Gasteiger partial charge on any atom is -0.350 e. The number of hydrogen-bond donors (Lipinski definition) is 2. The number of aromatic nitrogens is 2. The van der Waals surface area contributed by atoms with E-state index in [0.29, 0.717) is 24.3 Å². The number of nitrogens with one attached hydrogen (secondary N) is 2. The lowest BCUT2D eigenvalue weighted by molar-refractivity contribution is -0.124. The van der Waals surface area contributed by atoms with Crippen molar-refractivity contribution in [3.63, 3.8) is 0 Å². The Morgan fingerprint density at radius 1 is 1.33 bits per heavy atom. The summed E-state index contributed by atoms with van der Waals surface area (Å²) in [7, 11) is 0. The Hall–Kier alpha value is -1.73. The Morgan fingerprint density at radius 3 is 2.81 bits per heavy atom. The van der Waals surface area contributed by atoms with Crippen LogP contribution in [-0.4, -0.2) is 15.5 Å². The molecule has 0 bridgehead atoms. The zero-order chi connectivity index (χ0) is 19.1. The molecule has 1 aliphatic heterocycles. The van der Waals surface area contributed by atoms with Gasteiger partial charge in [0.15, 0.2) is 4.77 Å². The van der Waals surface area contributed by atoms with E-state index < -0.39 is 11.6 Å². The Labute approximate surface area is 165 Å². The summed E-state index contributed by atoms with van der Waals surface area (Å²) >= 11 is 11.2. The predicted molar refractivity (Wildman–Crippen MR) is 101 cm³/mol. The number of halogens is 3. The molecular formula is C19H20ClF2N3OS. The first-order valence-corrected chi connectivity index (χ1v) is 9.96. The van der Waals surface area contributed by atoms with E-state index in [-0.39, 0.29) is 28.3 Å². The van der Waals surface area contributed by atoms with Crippen molar-refractivity contribution in [1.29, 1.82) is 0 Å². The second-order valence-electron chi connectivity index (χ2n) is 7.32. The smallest absolute Gasteiger partial charge is 0.223 e. The molecule has 2 aliphatic rings. The monoisotopic (exact) mass is 411 g/mol. The van der Waals surface area contributed by atoms with Crippen molar-refractivity contribution in [3.05, 3.63) is 50.5 Å². The third kappa shape index (κ3) is 3.43. The van der Waals surface area contributed by atoms with Crippen LogP contribution in [0, 0.1) is 22.3 Å². The second-order valence-corrected chi connectivity index (χ2v) is 8.12. The van der Waals surface area contributed by atoms with Crippen LogP contribution in [0.15, 0.2) is 12.1 Å². The van der Waals surface area contributed by atoms with Gasteiger partial charge < -0.3 is 14.9 Å². The van der Waals surface area contributed by atoms with Crippen molar-refractivity contribution in [1.82, 2.24) is 14.9 Å². The quantitative estimate of drug-likeness (QED) is 0.569. The molecule has 0 saturated heterocycles. The fraction of sp³-hybridized carbons (Fsp3) is 0.474. The zero-order valence-electron chi connectivity index (χ0n) is 14.7. The van der Waals surface area contributed by atoms with E-state index in [1.165, 1.54) is 12.1 Å². The van der Waals surface area contributed by atoms with Gasteiger partial charge in [0.25, 0.3) is 0 Å². The Morgan fingerprint density at radius 2 is 2.07 bits per heavy atom. The summed E-state index contributed by atoms with van der Waals surface area (Å²) in [5.41, 5.74) is 1.69. The SMILES string of the molecule is O=C(NCc1[nH]c(=S)n2c1CC(c1c(F)ccc(Cl)c1F)C2)C1CCCC1. The normalized spacial score (nSPS) is 19.4. The van der Waals surface area contributed by atoms with Crippen molar-refractivity contribution in [3.8, 4) is 0 Å². The number of carbonyl (C=O) groups excluding carboxylic acids is 1. The fourth-order valence-corrected chi connectivity index (χ4v) is 4.74. The number of benzene rings is 1. The lowest BCUT2D eigenvalue weighted by atomic mass is 9.95. The van der Waals surface area contributed by atoms with Crippen LogP contribution in [-0.2, 0) is 24.3 Å². The summed E-state index contributed by atoms with van der Waals surface area (Å²) in [5.74, 6) is -1.53. The minimum atomic E-state index is -0.710. The van der Waals surface area contributed by atoms with Crippen molar-refractivity contribution >= 4 is 29.7 Å². The molecule has 1 saturated carbocycles. The molecule has 8 heteroatoms. The van der Waals surface area contributed by atoms with Crippen LogP contribution in [0.25, 0.3) is 0 Å². The van der Waals surface area contributed by atoms with Crippen molar-refractivity contribution in [2.45, 2.75) is 51.1 Å². The molecule has 2 aromatic rings. The number of imidazole rings is 1.